The maximum Gasteiger partial charge on any atom is 0.407 e. The predicted octanol–water partition coefficient (Wildman–Crippen LogP) is 3.84. The maximum atomic E-state index is 11.1. The predicted molar refractivity (Wildman–Crippen MR) is 88.7 cm³/mol. The first-order valence-electron chi connectivity index (χ1n) is 6.83. The lowest BCUT2D eigenvalue weighted by molar-refractivity contribution is 0.110. The Kier molecular flexibility index (Phi) is 4.81. The summed E-state index contributed by atoms with van der Waals surface area (Å²) in [5.41, 5.74) is 2.31. The zero-order valence-electron chi connectivity index (χ0n) is 12.7. The van der Waals surface area contributed by atoms with Gasteiger partial charge in [-0.25, -0.2) is 9.78 Å². The summed E-state index contributed by atoms with van der Waals surface area (Å²) in [6, 6.07) is 7.75. The molecule has 6 heteroatoms. The Labute approximate surface area is 138 Å². The molecule has 1 N–H and O–H groups in total. The summed E-state index contributed by atoms with van der Waals surface area (Å²) in [5, 5.41) is 9.11. The average Bonchev–Trinajstić information content (AvgIpc) is 2.47. The molecule has 0 spiro atoms. The molecule has 0 saturated heterocycles. The number of aromatic nitrogens is 2. The fourth-order valence-electron chi connectivity index (χ4n) is 2.07. The topological polar surface area (TPSA) is 66.3 Å². The van der Waals surface area contributed by atoms with Gasteiger partial charge in [0.25, 0.3) is 0 Å². The molecule has 0 unspecified atom stereocenters. The molecular weight excluding hydrogens is 346 g/mol. The number of halogens is 1. The Hall–Kier alpha value is -1.95. The van der Waals surface area contributed by atoms with E-state index in [9.17, 15) is 4.79 Å². The molecule has 0 atom stereocenters. The molecule has 1 amide bonds. The van der Waals surface area contributed by atoms with E-state index in [0.29, 0.717) is 6.42 Å². The molecule has 0 aliphatic carbocycles. The molecule has 0 radical (unpaired) electrons. The molecule has 2 heterocycles. The summed E-state index contributed by atoms with van der Waals surface area (Å²) >= 11 is 3.31. The largest absolute Gasteiger partial charge is 0.465 e. The minimum absolute atomic E-state index is 0.514. The quantitative estimate of drug-likeness (QED) is 0.838. The zero-order chi connectivity index (χ0) is 16.3. The van der Waals surface area contributed by atoms with Crippen molar-refractivity contribution in [1.82, 2.24) is 14.9 Å². The summed E-state index contributed by atoms with van der Waals surface area (Å²) in [6.45, 7) is 3.77. The number of carboxylic acid groups (broad SMARTS) is 1. The van der Waals surface area contributed by atoms with Crippen molar-refractivity contribution in [2.75, 3.05) is 7.05 Å². The number of hydrogen-bond acceptors (Lipinski definition) is 3. The second-order valence-electron chi connectivity index (χ2n) is 5.74. The van der Waals surface area contributed by atoms with E-state index in [1.54, 1.807) is 19.4 Å². The Morgan fingerprint density at radius 1 is 1.18 bits per heavy atom. The molecule has 116 valence electrons. The summed E-state index contributed by atoms with van der Waals surface area (Å²) in [7, 11) is 1.57. The molecule has 2 rings (SSSR count). The van der Waals surface area contributed by atoms with Crippen LogP contribution in [-0.4, -0.2) is 38.7 Å². The van der Waals surface area contributed by atoms with Crippen LogP contribution in [0.3, 0.4) is 0 Å². The minimum Gasteiger partial charge on any atom is -0.465 e. The van der Waals surface area contributed by atoms with E-state index in [-0.39, 0.29) is 0 Å². The fraction of sp³-hybridized carbons (Fsp3) is 0.312. The van der Waals surface area contributed by atoms with Crippen LogP contribution in [0.25, 0.3) is 11.1 Å². The van der Waals surface area contributed by atoms with Crippen LogP contribution in [0.15, 0.2) is 41.3 Å². The SMILES string of the molecule is CN(C(=O)O)C(C)(C)Cc1ccc(-c2ccc(Br)nc2)cn1. The molecule has 2 aromatic rings. The van der Waals surface area contributed by atoms with Gasteiger partial charge in [0, 0.05) is 48.2 Å². The molecule has 0 aromatic carbocycles. The van der Waals surface area contributed by atoms with Crippen molar-refractivity contribution in [3.05, 3.63) is 47.0 Å². The van der Waals surface area contributed by atoms with E-state index < -0.39 is 11.6 Å². The molecule has 2 aromatic heterocycles. The molecule has 0 aliphatic heterocycles. The van der Waals surface area contributed by atoms with Crippen LogP contribution in [0.1, 0.15) is 19.5 Å². The van der Waals surface area contributed by atoms with E-state index in [1.807, 2.05) is 38.1 Å². The number of carbonyl (C=O) groups is 1. The van der Waals surface area contributed by atoms with Crippen LogP contribution in [-0.2, 0) is 6.42 Å². The van der Waals surface area contributed by atoms with E-state index in [2.05, 4.69) is 25.9 Å². The van der Waals surface area contributed by atoms with Crippen LogP contribution >= 0.6 is 15.9 Å². The smallest absolute Gasteiger partial charge is 0.407 e. The standard InChI is InChI=1S/C16H18BrN3O2/c1-16(2,20(3)15(21)22)8-13-6-4-11(9-18-13)12-5-7-14(17)19-10-12/h4-7,9-10H,8H2,1-3H3,(H,21,22). The van der Waals surface area contributed by atoms with E-state index in [0.717, 1.165) is 21.4 Å². The van der Waals surface area contributed by atoms with Crippen molar-refractivity contribution in [3.63, 3.8) is 0 Å². The van der Waals surface area contributed by atoms with Crippen molar-refractivity contribution < 1.29 is 9.90 Å². The first-order chi connectivity index (χ1) is 10.3. The van der Waals surface area contributed by atoms with Gasteiger partial charge in [-0.15, -0.1) is 0 Å². The van der Waals surface area contributed by atoms with E-state index in [1.165, 1.54) is 4.90 Å². The van der Waals surface area contributed by atoms with Gasteiger partial charge in [0.15, 0.2) is 0 Å². The van der Waals surface area contributed by atoms with Gasteiger partial charge in [0.05, 0.1) is 0 Å². The molecule has 5 nitrogen and oxygen atoms in total. The Morgan fingerprint density at radius 3 is 2.23 bits per heavy atom. The van der Waals surface area contributed by atoms with Crippen molar-refractivity contribution in [3.8, 4) is 11.1 Å². The van der Waals surface area contributed by atoms with Gasteiger partial charge in [-0.3, -0.25) is 4.98 Å². The number of amides is 1. The van der Waals surface area contributed by atoms with Gasteiger partial charge >= 0.3 is 6.09 Å². The third-order valence-corrected chi connectivity index (χ3v) is 4.16. The van der Waals surface area contributed by atoms with Gasteiger partial charge in [-0.1, -0.05) is 12.1 Å². The minimum atomic E-state index is -0.942. The summed E-state index contributed by atoms with van der Waals surface area (Å²) in [6.07, 6.45) is 3.18. The number of pyridine rings is 2. The monoisotopic (exact) mass is 363 g/mol. The normalized spacial score (nSPS) is 11.3. The van der Waals surface area contributed by atoms with Crippen LogP contribution in [0, 0.1) is 0 Å². The molecule has 0 saturated carbocycles. The Bertz CT molecular complexity index is 654. The van der Waals surface area contributed by atoms with Gasteiger partial charge in [0.1, 0.15) is 4.60 Å². The molecule has 22 heavy (non-hydrogen) atoms. The highest BCUT2D eigenvalue weighted by atomic mass is 79.9. The highest BCUT2D eigenvalue weighted by Gasteiger charge is 2.28. The number of likely N-dealkylation sites (N-methyl/N-ethyl adjacent to an activating group) is 1. The highest BCUT2D eigenvalue weighted by Crippen LogP contribution is 2.22. The number of rotatable bonds is 4. The van der Waals surface area contributed by atoms with Gasteiger partial charge in [0.2, 0.25) is 0 Å². The number of nitrogens with zero attached hydrogens (tertiary/aromatic N) is 3. The van der Waals surface area contributed by atoms with Crippen LogP contribution in [0.4, 0.5) is 4.79 Å². The van der Waals surface area contributed by atoms with Crippen LogP contribution in [0.5, 0.6) is 0 Å². The van der Waals surface area contributed by atoms with Gasteiger partial charge < -0.3 is 10.0 Å². The first-order valence-corrected chi connectivity index (χ1v) is 7.62. The second kappa shape index (κ2) is 6.44. The lowest BCUT2D eigenvalue weighted by Crippen LogP contribution is -2.46. The lowest BCUT2D eigenvalue weighted by atomic mass is 9.96. The molecule has 0 bridgehead atoms. The third-order valence-electron chi connectivity index (χ3n) is 3.69. The van der Waals surface area contributed by atoms with Gasteiger partial charge in [-0.2, -0.15) is 0 Å². The fourth-order valence-corrected chi connectivity index (χ4v) is 2.30. The Balaban J connectivity index is 2.15. The molecule has 0 fully saturated rings. The summed E-state index contributed by atoms with van der Waals surface area (Å²) in [5.74, 6) is 0. The maximum absolute atomic E-state index is 11.1. The lowest BCUT2D eigenvalue weighted by Gasteiger charge is -2.33. The zero-order valence-corrected chi connectivity index (χ0v) is 14.3. The first kappa shape index (κ1) is 16.4. The summed E-state index contributed by atoms with van der Waals surface area (Å²) < 4.78 is 0.791. The Morgan fingerprint density at radius 2 is 1.77 bits per heavy atom. The van der Waals surface area contributed by atoms with Crippen molar-refractivity contribution in [2.24, 2.45) is 0 Å². The van der Waals surface area contributed by atoms with Crippen molar-refractivity contribution in [2.45, 2.75) is 25.8 Å². The molecular formula is C16H18BrN3O2. The number of hydrogen-bond donors (Lipinski definition) is 1. The van der Waals surface area contributed by atoms with Crippen molar-refractivity contribution >= 4 is 22.0 Å². The van der Waals surface area contributed by atoms with Gasteiger partial charge in [-0.05, 0) is 41.9 Å². The third kappa shape index (κ3) is 3.82. The van der Waals surface area contributed by atoms with E-state index in [4.69, 9.17) is 5.11 Å². The van der Waals surface area contributed by atoms with Crippen molar-refractivity contribution in [1.29, 1.82) is 0 Å². The average molecular weight is 364 g/mol. The van der Waals surface area contributed by atoms with Crippen LogP contribution < -0.4 is 0 Å². The van der Waals surface area contributed by atoms with Crippen LogP contribution in [0.2, 0.25) is 0 Å². The molecule has 0 aliphatic rings. The van der Waals surface area contributed by atoms with E-state index >= 15 is 0 Å². The summed E-state index contributed by atoms with van der Waals surface area (Å²) in [4.78, 5) is 21.0. The second-order valence-corrected chi connectivity index (χ2v) is 6.55. The highest BCUT2D eigenvalue weighted by molar-refractivity contribution is 9.10.